The third-order valence-electron chi connectivity index (χ3n) is 5.02. The largest absolute Gasteiger partial charge is 0.481 e. The highest BCUT2D eigenvalue weighted by Gasteiger charge is 2.51. The van der Waals surface area contributed by atoms with Crippen LogP contribution in [0.2, 0.25) is 0 Å². The lowest BCUT2D eigenvalue weighted by molar-refractivity contribution is -0.143. The van der Waals surface area contributed by atoms with Gasteiger partial charge in [-0.25, -0.2) is 0 Å². The molecule has 4 unspecified atom stereocenters. The van der Waals surface area contributed by atoms with E-state index in [0.717, 1.165) is 19.6 Å². The second kappa shape index (κ2) is 4.25. The Morgan fingerprint density at radius 3 is 2.59 bits per heavy atom. The number of hydrogen-bond acceptors (Lipinski definition) is 3. The molecule has 0 saturated carbocycles. The third-order valence-corrected chi connectivity index (χ3v) is 5.02. The van der Waals surface area contributed by atoms with Crippen LogP contribution in [0.5, 0.6) is 0 Å². The highest BCUT2D eigenvalue weighted by atomic mass is 16.4. The van der Waals surface area contributed by atoms with Gasteiger partial charge in [-0.3, -0.25) is 9.69 Å². The summed E-state index contributed by atoms with van der Waals surface area (Å²) in [6.07, 6.45) is 0. The summed E-state index contributed by atoms with van der Waals surface area (Å²) in [4.78, 5) is 13.5. The van der Waals surface area contributed by atoms with E-state index in [9.17, 15) is 4.79 Å². The maximum absolute atomic E-state index is 11.1. The maximum Gasteiger partial charge on any atom is 0.307 e. The molecule has 4 heteroatoms. The molecule has 17 heavy (non-hydrogen) atoms. The maximum atomic E-state index is 11.1. The molecule has 4 atom stereocenters. The van der Waals surface area contributed by atoms with Gasteiger partial charge in [0.25, 0.3) is 0 Å². The van der Waals surface area contributed by atoms with Crippen LogP contribution >= 0.6 is 0 Å². The van der Waals surface area contributed by atoms with Crippen molar-refractivity contribution in [1.82, 2.24) is 10.2 Å². The van der Waals surface area contributed by atoms with Crippen molar-refractivity contribution in [2.45, 2.75) is 39.3 Å². The summed E-state index contributed by atoms with van der Waals surface area (Å²) in [6.45, 7) is 11.6. The molecule has 98 valence electrons. The van der Waals surface area contributed by atoms with E-state index in [1.807, 2.05) is 6.92 Å². The Kier molecular flexibility index (Phi) is 3.21. The molecule has 0 aromatic heterocycles. The Morgan fingerprint density at radius 2 is 2.06 bits per heavy atom. The molecule has 0 aliphatic carbocycles. The molecule has 2 aliphatic heterocycles. The van der Waals surface area contributed by atoms with Gasteiger partial charge in [0.2, 0.25) is 0 Å². The number of carboxylic acid groups (broad SMARTS) is 1. The lowest BCUT2D eigenvalue weighted by atomic mass is 9.84. The van der Waals surface area contributed by atoms with Crippen molar-refractivity contribution in [1.29, 1.82) is 0 Å². The van der Waals surface area contributed by atoms with E-state index in [4.69, 9.17) is 5.11 Å². The predicted octanol–water partition coefficient (Wildman–Crippen LogP) is 1.03. The van der Waals surface area contributed by atoms with E-state index >= 15 is 0 Å². The number of fused-ring (bicyclic) bond motifs is 1. The number of hydrogen-bond donors (Lipinski definition) is 2. The minimum Gasteiger partial charge on any atom is -0.481 e. The van der Waals surface area contributed by atoms with Gasteiger partial charge >= 0.3 is 5.97 Å². The second-order valence-electron chi connectivity index (χ2n) is 6.20. The fraction of sp³-hybridized carbons (Fsp3) is 0.923. The summed E-state index contributed by atoms with van der Waals surface area (Å²) in [5.41, 5.74) is 0.108. The van der Waals surface area contributed by atoms with Crippen LogP contribution in [-0.2, 0) is 4.79 Å². The van der Waals surface area contributed by atoms with E-state index in [1.165, 1.54) is 0 Å². The Balaban J connectivity index is 2.14. The van der Waals surface area contributed by atoms with Crippen molar-refractivity contribution in [3.63, 3.8) is 0 Å². The summed E-state index contributed by atoms with van der Waals surface area (Å²) in [6, 6.07) is 0.105. The Hall–Kier alpha value is -0.610. The average Bonchev–Trinajstić information content (AvgIpc) is 2.79. The van der Waals surface area contributed by atoms with Gasteiger partial charge in [-0.1, -0.05) is 6.92 Å². The zero-order valence-electron chi connectivity index (χ0n) is 11.2. The first kappa shape index (κ1) is 12.8. The number of likely N-dealkylation sites (tertiary alicyclic amines) is 1. The van der Waals surface area contributed by atoms with Gasteiger partial charge < -0.3 is 10.4 Å². The lowest BCUT2D eigenvalue weighted by Crippen LogP contribution is -2.51. The fourth-order valence-electron chi connectivity index (χ4n) is 3.62. The standard InChI is InChI=1S/C13H24N2O2/c1-8(12(16)17)9(2)15-7-10-5-14-6-11(10)13(15,3)4/h8-11,14H,5-7H2,1-4H3,(H,16,17). The van der Waals surface area contributed by atoms with Crippen molar-refractivity contribution >= 4 is 5.97 Å². The van der Waals surface area contributed by atoms with Gasteiger partial charge in [0.15, 0.2) is 0 Å². The van der Waals surface area contributed by atoms with Gasteiger partial charge in [0, 0.05) is 24.7 Å². The highest BCUT2D eigenvalue weighted by Crippen LogP contribution is 2.42. The van der Waals surface area contributed by atoms with Crippen molar-refractivity contribution < 1.29 is 9.90 Å². The Morgan fingerprint density at radius 1 is 1.41 bits per heavy atom. The second-order valence-corrected chi connectivity index (χ2v) is 6.20. The van der Waals surface area contributed by atoms with Crippen LogP contribution in [0.25, 0.3) is 0 Å². The number of nitrogens with one attached hydrogen (secondary N) is 1. The molecular formula is C13H24N2O2. The number of nitrogens with zero attached hydrogens (tertiary/aromatic N) is 1. The number of aliphatic carboxylic acids is 1. The molecule has 2 fully saturated rings. The third kappa shape index (κ3) is 1.97. The number of carbonyl (C=O) groups is 1. The number of carboxylic acids is 1. The Bertz CT molecular complexity index is 317. The molecule has 0 radical (unpaired) electrons. The van der Waals surface area contributed by atoms with Gasteiger partial charge in [-0.2, -0.15) is 0 Å². The summed E-state index contributed by atoms with van der Waals surface area (Å²) >= 11 is 0. The van der Waals surface area contributed by atoms with E-state index < -0.39 is 5.97 Å². The SMILES string of the molecule is CC(C(=O)O)C(C)N1CC2CNCC2C1(C)C. The van der Waals surface area contributed by atoms with Crippen molar-refractivity contribution in [2.24, 2.45) is 17.8 Å². The lowest BCUT2D eigenvalue weighted by Gasteiger charge is -2.41. The van der Waals surface area contributed by atoms with E-state index in [-0.39, 0.29) is 17.5 Å². The quantitative estimate of drug-likeness (QED) is 0.773. The van der Waals surface area contributed by atoms with Crippen LogP contribution in [0.15, 0.2) is 0 Å². The summed E-state index contributed by atoms with van der Waals surface area (Å²) in [5.74, 6) is 0.351. The zero-order chi connectivity index (χ0) is 12.8. The predicted molar refractivity (Wildman–Crippen MR) is 66.9 cm³/mol. The van der Waals surface area contributed by atoms with Crippen LogP contribution in [0, 0.1) is 17.8 Å². The summed E-state index contributed by atoms with van der Waals surface area (Å²) in [5, 5.41) is 12.6. The first-order valence-electron chi connectivity index (χ1n) is 6.56. The normalized spacial score (nSPS) is 35.5. The first-order chi connectivity index (χ1) is 7.85. The molecular weight excluding hydrogens is 216 g/mol. The minimum absolute atomic E-state index is 0.105. The van der Waals surface area contributed by atoms with Crippen LogP contribution in [0.4, 0.5) is 0 Å². The monoisotopic (exact) mass is 240 g/mol. The van der Waals surface area contributed by atoms with Crippen molar-refractivity contribution in [3.8, 4) is 0 Å². The minimum atomic E-state index is -0.691. The van der Waals surface area contributed by atoms with Crippen LogP contribution < -0.4 is 5.32 Å². The molecule has 0 bridgehead atoms. The molecule has 2 N–H and O–H groups in total. The molecule has 2 aliphatic rings. The van der Waals surface area contributed by atoms with Gasteiger partial charge in [-0.15, -0.1) is 0 Å². The molecule has 2 heterocycles. The summed E-state index contributed by atoms with van der Waals surface area (Å²) in [7, 11) is 0. The molecule has 0 aromatic carbocycles. The van der Waals surface area contributed by atoms with Crippen LogP contribution in [-0.4, -0.2) is 47.2 Å². The molecule has 4 nitrogen and oxygen atoms in total. The topological polar surface area (TPSA) is 52.6 Å². The fourth-order valence-corrected chi connectivity index (χ4v) is 3.62. The van der Waals surface area contributed by atoms with Crippen molar-refractivity contribution in [3.05, 3.63) is 0 Å². The smallest absolute Gasteiger partial charge is 0.307 e. The molecule has 0 amide bonds. The molecule has 0 aromatic rings. The average molecular weight is 240 g/mol. The highest BCUT2D eigenvalue weighted by molar-refractivity contribution is 5.70. The first-order valence-corrected chi connectivity index (χ1v) is 6.56. The van der Waals surface area contributed by atoms with Gasteiger partial charge in [0.1, 0.15) is 0 Å². The van der Waals surface area contributed by atoms with E-state index in [1.54, 1.807) is 0 Å². The van der Waals surface area contributed by atoms with Gasteiger partial charge in [0.05, 0.1) is 5.92 Å². The Labute approximate surface area is 103 Å². The zero-order valence-corrected chi connectivity index (χ0v) is 11.2. The summed E-state index contributed by atoms with van der Waals surface area (Å²) < 4.78 is 0. The van der Waals surface area contributed by atoms with E-state index in [2.05, 4.69) is 31.0 Å². The van der Waals surface area contributed by atoms with Crippen LogP contribution in [0.1, 0.15) is 27.7 Å². The molecule has 0 spiro atoms. The van der Waals surface area contributed by atoms with E-state index in [0.29, 0.717) is 11.8 Å². The molecule has 2 saturated heterocycles. The number of rotatable bonds is 3. The van der Waals surface area contributed by atoms with Crippen molar-refractivity contribution in [2.75, 3.05) is 19.6 Å². The molecule has 2 rings (SSSR count). The van der Waals surface area contributed by atoms with Crippen LogP contribution in [0.3, 0.4) is 0 Å². The van der Waals surface area contributed by atoms with Gasteiger partial charge in [-0.05, 0) is 39.2 Å².